The molecule has 0 spiro atoms. The Kier molecular flexibility index (Phi) is 2.70. The second-order valence-electron chi connectivity index (χ2n) is 3.07. The lowest BCUT2D eigenvalue weighted by Crippen LogP contribution is -2.46. The fraction of sp³-hybridized carbons (Fsp3) is 0.857. The molecule has 0 aliphatic carbocycles. The van der Waals surface area contributed by atoms with Gasteiger partial charge in [0.05, 0.1) is 0 Å². The van der Waals surface area contributed by atoms with Gasteiger partial charge in [-0.1, -0.05) is 16.5 Å². The van der Waals surface area contributed by atoms with Crippen LogP contribution in [0.2, 0.25) is 0 Å². The maximum atomic E-state index is 3.96. The molecule has 1 saturated heterocycles. The van der Waals surface area contributed by atoms with E-state index in [-0.39, 0.29) is 0 Å². The predicted octanol–water partition coefficient (Wildman–Crippen LogP) is 0.0750. The minimum Gasteiger partial charge on any atom is -0.343 e. The summed E-state index contributed by atoms with van der Waals surface area (Å²) in [7, 11) is 0. The zero-order chi connectivity index (χ0) is 9.10. The lowest BCUT2D eigenvalue weighted by atomic mass is 10.3. The molecular formula is C7H13N5S. The molecule has 0 unspecified atom stereocenters. The molecule has 0 atom stereocenters. The lowest BCUT2D eigenvalue weighted by molar-refractivity contribution is 0.271. The van der Waals surface area contributed by atoms with Crippen molar-refractivity contribution in [2.75, 3.05) is 37.6 Å². The maximum absolute atomic E-state index is 3.96. The third kappa shape index (κ3) is 1.94. The van der Waals surface area contributed by atoms with Gasteiger partial charge in [-0.05, 0) is 11.8 Å². The van der Waals surface area contributed by atoms with Gasteiger partial charge in [-0.15, -0.1) is 0 Å². The first-order valence-corrected chi connectivity index (χ1v) is 5.30. The number of aromatic nitrogens is 3. The first-order valence-electron chi connectivity index (χ1n) is 4.52. The van der Waals surface area contributed by atoms with E-state index >= 15 is 0 Å². The number of rotatable bonds is 2. The first kappa shape index (κ1) is 8.83. The van der Waals surface area contributed by atoms with Crippen LogP contribution in [0.25, 0.3) is 0 Å². The van der Waals surface area contributed by atoms with Crippen molar-refractivity contribution in [3.63, 3.8) is 0 Å². The molecule has 2 rings (SSSR count). The van der Waals surface area contributed by atoms with Gasteiger partial charge >= 0.3 is 0 Å². The first-order chi connectivity index (χ1) is 6.40. The van der Waals surface area contributed by atoms with Crippen molar-refractivity contribution in [2.45, 2.75) is 6.92 Å². The fourth-order valence-electron chi connectivity index (χ4n) is 1.51. The van der Waals surface area contributed by atoms with Gasteiger partial charge in [0.15, 0.2) is 0 Å². The van der Waals surface area contributed by atoms with E-state index in [1.165, 1.54) is 11.5 Å². The molecule has 0 N–H and O–H groups in total. The Morgan fingerprint density at radius 3 is 2.62 bits per heavy atom. The van der Waals surface area contributed by atoms with E-state index in [1.807, 2.05) is 0 Å². The smallest absolute Gasteiger partial charge is 0.227 e. The molecule has 1 fully saturated rings. The van der Waals surface area contributed by atoms with Crippen LogP contribution in [0, 0.1) is 0 Å². The molecule has 2 heterocycles. The number of piperazine rings is 1. The summed E-state index contributed by atoms with van der Waals surface area (Å²) in [5.74, 6) is 0. The summed E-state index contributed by atoms with van der Waals surface area (Å²) < 4.78 is 3.76. The second-order valence-corrected chi connectivity index (χ2v) is 3.78. The van der Waals surface area contributed by atoms with Crippen molar-refractivity contribution in [1.82, 2.24) is 19.7 Å². The molecule has 1 aromatic rings. The Labute approximate surface area is 81.5 Å². The number of hydrogen-bond donors (Lipinski definition) is 0. The van der Waals surface area contributed by atoms with Gasteiger partial charge in [0.1, 0.15) is 0 Å². The third-order valence-electron chi connectivity index (χ3n) is 2.38. The van der Waals surface area contributed by atoms with E-state index in [9.17, 15) is 0 Å². The Balaban J connectivity index is 1.92. The summed E-state index contributed by atoms with van der Waals surface area (Å²) in [6.07, 6.45) is 0. The minimum absolute atomic E-state index is 0.954. The van der Waals surface area contributed by atoms with Crippen molar-refractivity contribution in [3.8, 4) is 0 Å². The highest BCUT2D eigenvalue weighted by atomic mass is 32.1. The average Bonchev–Trinajstić information content (AvgIpc) is 2.71. The van der Waals surface area contributed by atoms with Crippen LogP contribution in [-0.4, -0.2) is 52.4 Å². The van der Waals surface area contributed by atoms with Gasteiger partial charge in [0.2, 0.25) is 5.13 Å². The van der Waals surface area contributed by atoms with E-state index in [0.29, 0.717) is 0 Å². The van der Waals surface area contributed by atoms with E-state index < -0.39 is 0 Å². The van der Waals surface area contributed by atoms with Crippen LogP contribution in [0.3, 0.4) is 0 Å². The zero-order valence-corrected chi connectivity index (χ0v) is 8.50. The van der Waals surface area contributed by atoms with Crippen LogP contribution in [-0.2, 0) is 0 Å². The highest BCUT2D eigenvalue weighted by Crippen LogP contribution is 2.15. The molecule has 5 nitrogen and oxygen atoms in total. The number of likely N-dealkylation sites (N-methyl/N-ethyl adjacent to an activating group) is 1. The van der Waals surface area contributed by atoms with Crippen LogP contribution < -0.4 is 4.90 Å². The monoisotopic (exact) mass is 199 g/mol. The SMILES string of the molecule is CCN1CCN(c2nnns2)CC1. The Morgan fingerprint density at radius 1 is 1.31 bits per heavy atom. The van der Waals surface area contributed by atoms with Crippen LogP contribution >= 0.6 is 11.5 Å². The van der Waals surface area contributed by atoms with E-state index in [0.717, 1.165) is 37.9 Å². The molecule has 1 aromatic heterocycles. The predicted molar refractivity (Wildman–Crippen MR) is 52.0 cm³/mol. The Hall–Kier alpha value is -0.750. The molecule has 72 valence electrons. The Bertz CT molecular complexity index is 241. The average molecular weight is 199 g/mol. The molecule has 0 saturated carbocycles. The number of nitrogens with zero attached hydrogens (tertiary/aromatic N) is 5. The minimum atomic E-state index is 0.954. The molecule has 0 aromatic carbocycles. The molecular weight excluding hydrogens is 186 g/mol. The normalized spacial score (nSPS) is 19.3. The lowest BCUT2D eigenvalue weighted by Gasteiger charge is -2.33. The molecule has 1 aliphatic rings. The summed E-state index contributed by atoms with van der Waals surface area (Å²) in [5.41, 5.74) is 0. The standard InChI is InChI=1S/C7H13N5S/c1-2-11-3-5-12(6-4-11)7-8-9-10-13-7/h2-6H2,1H3. The van der Waals surface area contributed by atoms with Gasteiger partial charge in [-0.3, -0.25) is 0 Å². The van der Waals surface area contributed by atoms with Gasteiger partial charge in [0.25, 0.3) is 0 Å². The third-order valence-corrected chi connectivity index (χ3v) is 3.04. The largest absolute Gasteiger partial charge is 0.343 e. The summed E-state index contributed by atoms with van der Waals surface area (Å²) >= 11 is 1.37. The zero-order valence-electron chi connectivity index (χ0n) is 7.68. The van der Waals surface area contributed by atoms with Crippen LogP contribution in [0.4, 0.5) is 5.13 Å². The van der Waals surface area contributed by atoms with Crippen LogP contribution in [0.5, 0.6) is 0 Å². The van der Waals surface area contributed by atoms with Gasteiger partial charge in [-0.2, -0.15) is 0 Å². The van der Waals surface area contributed by atoms with Crippen molar-refractivity contribution >= 4 is 16.7 Å². The van der Waals surface area contributed by atoms with Crippen LogP contribution in [0.1, 0.15) is 6.92 Å². The maximum Gasteiger partial charge on any atom is 0.227 e. The molecule has 6 heteroatoms. The number of hydrogen-bond acceptors (Lipinski definition) is 6. The quantitative estimate of drug-likeness (QED) is 0.674. The van der Waals surface area contributed by atoms with E-state index in [1.54, 1.807) is 0 Å². The van der Waals surface area contributed by atoms with Gasteiger partial charge in [-0.25, -0.2) is 0 Å². The highest BCUT2D eigenvalue weighted by molar-refractivity contribution is 7.09. The Morgan fingerprint density at radius 2 is 2.08 bits per heavy atom. The number of anilines is 1. The summed E-state index contributed by atoms with van der Waals surface area (Å²) in [6.45, 7) is 7.67. The molecule has 0 radical (unpaired) electrons. The van der Waals surface area contributed by atoms with Gasteiger partial charge in [0, 0.05) is 37.7 Å². The summed E-state index contributed by atoms with van der Waals surface area (Å²) in [4.78, 5) is 4.68. The van der Waals surface area contributed by atoms with E-state index in [4.69, 9.17) is 0 Å². The van der Waals surface area contributed by atoms with Crippen LogP contribution in [0.15, 0.2) is 0 Å². The molecule has 1 aliphatic heterocycles. The van der Waals surface area contributed by atoms with E-state index in [2.05, 4.69) is 31.5 Å². The second kappa shape index (κ2) is 3.97. The summed E-state index contributed by atoms with van der Waals surface area (Å²) in [6, 6.07) is 0. The van der Waals surface area contributed by atoms with Gasteiger partial charge < -0.3 is 9.80 Å². The molecule has 0 bridgehead atoms. The van der Waals surface area contributed by atoms with Crippen molar-refractivity contribution in [1.29, 1.82) is 0 Å². The summed E-state index contributed by atoms with van der Waals surface area (Å²) in [5, 5.41) is 8.51. The topological polar surface area (TPSA) is 45.2 Å². The molecule has 13 heavy (non-hydrogen) atoms. The van der Waals surface area contributed by atoms with Crippen molar-refractivity contribution in [2.24, 2.45) is 0 Å². The molecule has 0 amide bonds. The van der Waals surface area contributed by atoms with Crippen molar-refractivity contribution < 1.29 is 0 Å². The fourth-order valence-corrected chi connectivity index (χ4v) is 2.02. The highest BCUT2D eigenvalue weighted by Gasteiger charge is 2.17. The van der Waals surface area contributed by atoms with Crippen molar-refractivity contribution in [3.05, 3.63) is 0 Å².